The number of rotatable bonds is 7. The molecule has 1 aromatic heterocycles. The molecule has 0 bridgehead atoms. The first-order valence-corrected chi connectivity index (χ1v) is 10.6. The summed E-state index contributed by atoms with van der Waals surface area (Å²) in [7, 11) is -2.24. The van der Waals surface area contributed by atoms with Crippen LogP contribution in [-0.2, 0) is 21.4 Å². The van der Waals surface area contributed by atoms with Crippen LogP contribution in [0.1, 0.15) is 29.9 Å². The molecule has 0 fully saturated rings. The number of esters is 1. The second-order valence-corrected chi connectivity index (χ2v) is 8.87. The summed E-state index contributed by atoms with van der Waals surface area (Å²) < 4.78 is 50.0. The first-order valence-electron chi connectivity index (χ1n) is 9.14. The van der Waals surface area contributed by atoms with Crippen LogP contribution in [-0.4, -0.2) is 36.8 Å². The molecule has 0 aliphatic heterocycles. The molecule has 30 heavy (non-hydrogen) atoms. The van der Waals surface area contributed by atoms with Gasteiger partial charge in [0.25, 0.3) is 0 Å². The fourth-order valence-corrected chi connectivity index (χ4v) is 3.96. The number of oxazole rings is 1. The van der Waals surface area contributed by atoms with E-state index in [1.807, 2.05) is 0 Å². The summed E-state index contributed by atoms with van der Waals surface area (Å²) in [5, 5.41) is 0. The van der Waals surface area contributed by atoms with Gasteiger partial charge in [-0.2, -0.15) is 4.31 Å². The molecule has 0 unspecified atom stereocenters. The van der Waals surface area contributed by atoms with Crippen LogP contribution in [0.15, 0.2) is 64.1 Å². The number of aromatic nitrogens is 1. The summed E-state index contributed by atoms with van der Waals surface area (Å²) in [4.78, 5) is 16.6. The van der Waals surface area contributed by atoms with Crippen LogP contribution in [0, 0.1) is 5.82 Å². The summed E-state index contributed by atoms with van der Waals surface area (Å²) in [5.74, 6) is -0.792. The molecule has 3 aromatic rings. The lowest BCUT2D eigenvalue weighted by atomic mass is 10.2. The van der Waals surface area contributed by atoms with E-state index in [0.29, 0.717) is 11.3 Å². The summed E-state index contributed by atoms with van der Waals surface area (Å²) >= 11 is 0. The molecule has 0 aliphatic rings. The van der Waals surface area contributed by atoms with Crippen molar-refractivity contribution in [3.05, 3.63) is 71.9 Å². The molecular weight excluding hydrogens is 411 g/mol. The standard InChI is InChI=1S/C21H21FN2O5S/c1-14(2)24(3)30(26,27)19-6-4-5-16(11-19)21(25)29-13-18-12-28-20(23-18)15-7-9-17(22)10-8-15/h4-12,14H,13H2,1-3H3. The maximum atomic E-state index is 13.0. The van der Waals surface area contributed by atoms with Crippen molar-refractivity contribution in [1.29, 1.82) is 0 Å². The number of sulfonamides is 1. The Morgan fingerprint density at radius 2 is 1.90 bits per heavy atom. The fourth-order valence-electron chi connectivity index (χ4n) is 2.55. The zero-order valence-electron chi connectivity index (χ0n) is 16.7. The van der Waals surface area contributed by atoms with Gasteiger partial charge in [-0.05, 0) is 56.3 Å². The number of benzene rings is 2. The summed E-state index contributed by atoms with van der Waals surface area (Å²) in [5.41, 5.74) is 1.06. The van der Waals surface area contributed by atoms with Crippen LogP contribution < -0.4 is 0 Å². The Hall–Kier alpha value is -3.04. The van der Waals surface area contributed by atoms with Gasteiger partial charge >= 0.3 is 5.97 Å². The van der Waals surface area contributed by atoms with Gasteiger partial charge in [0, 0.05) is 18.7 Å². The Labute approximate surface area is 174 Å². The molecule has 0 radical (unpaired) electrons. The topological polar surface area (TPSA) is 89.7 Å². The lowest BCUT2D eigenvalue weighted by molar-refractivity contribution is 0.0467. The number of ether oxygens (including phenoxy) is 1. The van der Waals surface area contributed by atoms with Crippen molar-refractivity contribution in [3.8, 4) is 11.5 Å². The van der Waals surface area contributed by atoms with Crippen molar-refractivity contribution in [2.75, 3.05) is 7.05 Å². The molecule has 0 atom stereocenters. The van der Waals surface area contributed by atoms with Crippen molar-refractivity contribution < 1.29 is 26.8 Å². The molecule has 0 saturated carbocycles. The van der Waals surface area contributed by atoms with Crippen molar-refractivity contribution >= 4 is 16.0 Å². The Bertz CT molecular complexity index is 1140. The normalized spacial score (nSPS) is 11.8. The average Bonchev–Trinajstić information content (AvgIpc) is 3.21. The molecule has 0 saturated heterocycles. The average molecular weight is 432 g/mol. The number of nitrogens with zero attached hydrogens (tertiary/aromatic N) is 2. The van der Waals surface area contributed by atoms with Crippen LogP contribution in [0.3, 0.4) is 0 Å². The lowest BCUT2D eigenvalue weighted by Crippen LogP contribution is -2.33. The van der Waals surface area contributed by atoms with E-state index in [-0.39, 0.29) is 34.8 Å². The van der Waals surface area contributed by atoms with Gasteiger partial charge in [0.05, 0.1) is 10.5 Å². The monoisotopic (exact) mass is 432 g/mol. The predicted molar refractivity (Wildman–Crippen MR) is 108 cm³/mol. The fraction of sp³-hybridized carbons (Fsp3) is 0.238. The highest BCUT2D eigenvalue weighted by Gasteiger charge is 2.24. The van der Waals surface area contributed by atoms with Crippen LogP contribution in [0.2, 0.25) is 0 Å². The molecule has 1 heterocycles. The molecule has 0 spiro atoms. The summed E-state index contributed by atoms with van der Waals surface area (Å²) in [6.07, 6.45) is 1.34. The van der Waals surface area contributed by atoms with Crippen molar-refractivity contribution in [2.45, 2.75) is 31.4 Å². The molecule has 3 rings (SSSR count). The van der Waals surface area contributed by atoms with Gasteiger partial charge in [0.2, 0.25) is 15.9 Å². The molecule has 158 valence electrons. The first-order chi connectivity index (χ1) is 14.2. The van der Waals surface area contributed by atoms with Gasteiger partial charge in [-0.1, -0.05) is 6.07 Å². The maximum Gasteiger partial charge on any atom is 0.338 e. The van der Waals surface area contributed by atoms with Crippen molar-refractivity contribution in [3.63, 3.8) is 0 Å². The van der Waals surface area contributed by atoms with Gasteiger partial charge in [0.1, 0.15) is 24.4 Å². The minimum atomic E-state index is -3.72. The third-order valence-corrected chi connectivity index (χ3v) is 6.50. The van der Waals surface area contributed by atoms with E-state index in [0.717, 1.165) is 0 Å². The van der Waals surface area contributed by atoms with Gasteiger partial charge in [-0.3, -0.25) is 0 Å². The zero-order valence-corrected chi connectivity index (χ0v) is 17.5. The highest BCUT2D eigenvalue weighted by Crippen LogP contribution is 2.21. The van der Waals surface area contributed by atoms with Crippen LogP contribution >= 0.6 is 0 Å². The van der Waals surface area contributed by atoms with Crippen molar-refractivity contribution in [2.24, 2.45) is 0 Å². The number of carbonyl (C=O) groups excluding carboxylic acids is 1. The number of halogens is 1. The smallest absolute Gasteiger partial charge is 0.338 e. The molecule has 0 amide bonds. The van der Waals surface area contributed by atoms with Crippen LogP contribution in [0.5, 0.6) is 0 Å². The molecule has 7 nitrogen and oxygen atoms in total. The van der Waals surface area contributed by atoms with E-state index in [4.69, 9.17) is 9.15 Å². The van der Waals surface area contributed by atoms with E-state index >= 15 is 0 Å². The lowest BCUT2D eigenvalue weighted by Gasteiger charge is -2.21. The third kappa shape index (κ3) is 4.74. The first kappa shape index (κ1) is 21.7. The van der Waals surface area contributed by atoms with Gasteiger partial charge < -0.3 is 9.15 Å². The molecule has 2 aromatic carbocycles. The molecule has 9 heteroatoms. The number of hydrogen-bond donors (Lipinski definition) is 0. The largest absolute Gasteiger partial charge is 0.455 e. The second-order valence-electron chi connectivity index (χ2n) is 6.87. The summed E-state index contributed by atoms with van der Waals surface area (Å²) in [6, 6.07) is 11.1. The van der Waals surface area contributed by atoms with E-state index in [9.17, 15) is 17.6 Å². The minimum absolute atomic E-state index is 0.00758. The number of hydrogen-bond acceptors (Lipinski definition) is 6. The van der Waals surface area contributed by atoms with Crippen LogP contribution in [0.4, 0.5) is 4.39 Å². The van der Waals surface area contributed by atoms with E-state index in [2.05, 4.69) is 4.98 Å². The quantitative estimate of drug-likeness (QED) is 0.527. The Morgan fingerprint density at radius 1 is 1.20 bits per heavy atom. The minimum Gasteiger partial charge on any atom is -0.455 e. The molecular formula is C21H21FN2O5S. The Balaban J connectivity index is 1.69. The molecule has 0 N–H and O–H groups in total. The van der Waals surface area contributed by atoms with E-state index < -0.39 is 16.0 Å². The highest BCUT2D eigenvalue weighted by atomic mass is 32.2. The maximum absolute atomic E-state index is 13.0. The second kappa shape index (κ2) is 8.76. The Morgan fingerprint density at radius 3 is 2.57 bits per heavy atom. The van der Waals surface area contributed by atoms with Gasteiger partial charge in [0.15, 0.2) is 0 Å². The number of carbonyl (C=O) groups is 1. The zero-order chi connectivity index (χ0) is 21.9. The van der Waals surface area contributed by atoms with E-state index in [1.165, 1.54) is 66.1 Å². The van der Waals surface area contributed by atoms with Crippen molar-refractivity contribution in [1.82, 2.24) is 9.29 Å². The van der Waals surface area contributed by atoms with Crippen LogP contribution in [0.25, 0.3) is 11.5 Å². The Kier molecular flexibility index (Phi) is 6.33. The highest BCUT2D eigenvalue weighted by molar-refractivity contribution is 7.89. The van der Waals surface area contributed by atoms with Gasteiger partial charge in [-0.25, -0.2) is 22.6 Å². The summed E-state index contributed by atoms with van der Waals surface area (Å²) in [6.45, 7) is 3.36. The predicted octanol–water partition coefficient (Wildman–Crippen LogP) is 3.87. The van der Waals surface area contributed by atoms with Gasteiger partial charge in [-0.15, -0.1) is 0 Å². The molecule has 0 aliphatic carbocycles. The SMILES string of the molecule is CC(C)N(C)S(=O)(=O)c1cccc(C(=O)OCc2coc(-c3ccc(F)cc3)n2)c1. The third-order valence-electron chi connectivity index (χ3n) is 4.47. The van der Waals surface area contributed by atoms with E-state index in [1.54, 1.807) is 13.8 Å².